The average molecular weight is 277 g/mol. The number of amides is 2. The van der Waals surface area contributed by atoms with Gasteiger partial charge in [-0.2, -0.15) is 13.2 Å². The third kappa shape index (κ3) is 4.18. The topological polar surface area (TPSA) is 81.7 Å². The molecule has 1 rings (SSSR count). The highest BCUT2D eigenvalue weighted by molar-refractivity contribution is 5.98. The Morgan fingerprint density at radius 1 is 1.63 bits per heavy atom. The first-order valence-electron chi connectivity index (χ1n) is 4.98. The van der Waals surface area contributed by atoms with Crippen molar-refractivity contribution in [3.05, 3.63) is 11.8 Å². The molecule has 0 aromatic carbocycles. The Morgan fingerprint density at radius 2 is 2.26 bits per heavy atom. The molecule has 0 radical (unpaired) electrons. The van der Waals surface area contributed by atoms with E-state index >= 15 is 0 Å². The van der Waals surface area contributed by atoms with Crippen molar-refractivity contribution in [1.29, 1.82) is 0 Å². The van der Waals surface area contributed by atoms with Gasteiger partial charge in [0.2, 0.25) is 6.35 Å². The third-order valence-electron chi connectivity index (χ3n) is 2.04. The van der Waals surface area contributed by atoms with Gasteiger partial charge in [-0.3, -0.25) is 9.59 Å². The van der Waals surface area contributed by atoms with Crippen LogP contribution in [0.2, 0.25) is 0 Å². The van der Waals surface area contributed by atoms with Gasteiger partial charge in [0.15, 0.2) is 0 Å². The van der Waals surface area contributed by atoms with E-state index in [0.29, 0.717) is 0 Å². The summed E-state index contributed by atoms with van der Waals surface area (Å²) >= 11 is 0. The molecule has 1 aliphatic rings. The highest BCUT2D eigenvalue weighted by atomic mass is 19.4. The normalized spacial score (nSPS) is 19.0. The number of nitrogens with zero attached hydrogens (tertiary/aromatic N) is 1. The van der Waals surface area contributed by atoms with Crippen LogP contribution in [0.3, 0.4) is 0 Å². The Morgan fingerprint density at radius 3 is 2.84 bits per heavy atom. The van der Waals surface area contributed by atoms with Crippen molar-refractivity contribution in [3.8, 4) is 11.8 Å². The summed E-state index contributed by atoms with van der Waals surface area (Å²) in [5, 5.41) is 12.9. The fourth-order valence-corrected chi connectivity index (χ4v) is 1.08. The van der Waals surface area contributed by atoms with Gasteiger partial charge in [0.05, 0.1) is 6.54 Å². The zero-order chi connectivity index (χ0) is 14.6. The first-order chi connectivity index (χ1) is 8.71. The first-order valence-corrected chi connectivity index (χ1v) is 4.98. The molecule has 0 aromatic heterocycles. The molecule has 0 saturated carbocycles. The van der Waals surface area contributed by atoms with Crippen molar-refractivity contribution in [2.24, 2.45) is 0 Å². The summed E-state index contributed by atoms with van der Waals surface area (Å²) < 4.78 is 35.5. The molecule has 1 unspecified atom stereocenters. The number of nitrogens with one attached hydrogen (secondary N) is 2. The number of rotatable bonds is 1. The maximum Gasteiger partial charge on any atom is 0.471 e. The fraction of sp³-hybridized carbons (Fsp3) is 0.400. The van der Waals surface area contributed by atoms with E-state index in [0.717, 1.165) is 0 Å². The van der Waals surface area contributed by atoms with Gasteiger partial charge in [0, 0.05) is 13.2 Å². The monoisotopic (exact) mass is 277 g/mol. The molecule has 0 aromatic rings. The van der Waals surface area contributed by atoms with Crippen LogP contribution in [-0.2, 0) is 9.59 Å². The van der Waals surface area contributed by atoms with Crippen LogP contribution in [0.25, 0.3) is 0 Å². The predicted molar refractivity (Wildman–Crippen MR) is 56.8 cm³/mol. The van der Waals surface area contributed by atoms with E-state index in [1.165, 1.54) is 23.5 Å². The van der Waals surface area contributed by atoms with Crippen LogP contribution < -0.4 is 10.6 Å². The van der Waals surface area contributed by atoms with Gasteiger partial charge in [0.1, 0.15) is 5.57 Å². The molecule has 3 N–H and O–H groups in total. The number of halogens is 3. The summed E-state index contributed by atoms with van der Waals surface area (Å²) in [5.74, 6) is 1.74. The van der Waals surface area contributed by atoms with Gasteiger partial charge in [0.25, 0.3) is 5.91 Å². The van der Waals surface area contributed by atoms with E-state index in [9.17, 15) is 27.9 Å². The van der Waals surface area contributed by atoms with E-state index in [4.69, 9.17) is 0 Å². The number of aliphatic hydroxyl groups is 1. The Hall–Kier alpha value is -2.21. The molecule has 0 saturated heterocycles. The van der Waals surface area contributed by atoms with Crippen LogP contribution in [0.4, 0.5) is 13.2 Å². The first kappa shape index (κ1) is 14.8. The minimum atomic E-state index is -4.96. The third-order valence-corrected chi connectivity index (χ3v) is 2.04. The second-order valence-electron chi connectivity index (χ2n) is 3.54. The van der Waals surface area contributed by atoms with Gasteiger partial charge in [-0.15, -0.1) is 0 Å². The van der Waals surface area contributed by atoms with E-state index in [1.54, 1.807) is 0 Å². The maximum absolute atomic E-state index is 11.8. The lowest BCUT2D eigenvalue weighted by molar-refractivity contribution is -0.173. The molecule has 0 spiro atoms. The van der Waals surface area contributed by atoms with Crippen LogP contribution in [0.1, 0.15) is 0 Å². The van der Waals surface area contributed by atoms with Crippen molar-refractivity contribution in [1.82, 2.24) is 15.5 Å². The second kappa shape index (κ2) is 5.62. The van der Waals surface area contributed by atoms with Gasteiger partial charge < -0.3 is 20.6 Å². The zero-order valence-electron chi connectivity index (χ0n) is 9.71. The number of alkyl halides is 3. The number of hydrogen-bond donors (Lipinski definition) is 3. The number of carbonyl (C=O) groups excluding carboxylic acids is 2. The van der Waals surface area contributed by atoms with Gasteiger partial charge in [-0.05, 0) is 0 Å². The molecule has 0 aliphatic carbocycles. The lowest BCUT2D eigenvalue weighted by Crippen LogP contribution is -2.48. The molecule has 1 atom stereocenters. The lowest BCUT2D eigenvalue weighted by atomic mass is 10.2. The number of carbonyl (C=O) groups is 2. The van der Waals surface area contributed by atoms with E-state index in [2.05, 4.69) is 17.2 Å². The van der Waals surface area contributed by atoms with Crippen LogP contribution in [-0.4, -0.2) is 47.9 Å². The predicted octanol–water partition coefficient (Wildman–Crippen LogP) is -1.11. The molecule has 104 valence electrons. The van der Waals surface area contributed by atoms with Crippen LogP contribution in [0, 0.1) is 11.8 Å². The molecule has 9 heteroatoms. The number of hydrogen-bond acceptors (Lipinski definition) is 4. The lowest BCUT2D eigenvalue weighted by Gasteiger charge is -2.26. The zero-order valence-corrected chi connectivity index (χ0v) is 9.71. The summed E-state index contributed by atoms with van der Waals surface area (Å²) in [5.41, 5.74) is -0.0333. The summed E-state index contributed by atoms with van der Waals surface area (Å²) in [6.07, 6.45) is -4.90. The summed E-state index contributed by atoms with van der Waals surface area (Å²) in [6, 6.07) is 0. The van der Waals surface area contributed by atoms with E-state index in [-0.39, 0.29) is 5.57 Å². The average Bonchev–Trinajstić information content (AvgIpc) is 2.29. The minimum absolute atomic E-state index is 0.0333. The Bertz CT molecular complexity index is 476. The van der Waals surface area contributed by atoms with Crippen molar-refractivity contribution in [2.45, 2.75) is 12.5 Å². The van der Waals surface area contributed by atoms with Crippen molar-refractivity contribution in [2.75, 3.05) is 13.6 Å². The standard InChI is InChI=1S/C10H10F3N3O3/c1-16-5-6(7(17)15-9(16)19)3-2-4-14-8(18)10(11,12)13/h5,9,19H,4H2,1H3,(H,14,18)(H,15,17). The van der Waals surface area contributed by atoms with Crippen molar-refractivity contribution < 1.29 is 27.9 Å². The molecule has 1 aliphatic heterocycles. The van der Waals surface area contributed by atoms with Crippen LogP contribution >= 0.6 is 0 Å². The van der Waals surface area contributed by atoms with Crippen LogP contribution in [0.15, 0.2) is 11.8 Å². The van der Waals surface area contributed by atoms with Crippen molar-refractivity contribution in [3.63, 3.8) is 0 Å². The molecule has 0 bridgehead atoms. The smallest absolute Gasteiger partial charge is 0.356 e. The number of aliphatic hydroxyl groups excluding tert-OH is 1. The van der Waals surface area contributed by atoms with Gasteiger partial charge in [-0.25, -0.2) is 0 Å². The van der Waals surface area contributed by atoms with E-state index < -0.39 is 30.9 Å². The van der Waals surface area contributed by atoms with Gasteiger partial charge >= 0.3 is 12.1 Å². The van der Waals surface area contributed by atoms with E-state index in [1.807, 2.05) is 0 Å². The Kier molecular flexibility index (Phi) is 4.39. The summed E-state index contributed by atoms with van der Waals surface area (Å²) in [7, 11) is 1.47. The highest BCUT2D eigenvalue weighted by Crippen LogP contribution is 2.13. The highest BCUT2D eigenvalue weighted by Gasteiger charge is 2.38. The molecule has 0 fully saturated rings. The molecule has 19 heavy (non-hydrogen) atoms. The molecule has 1 heterocycles. The molecule has 6 nitrogen and oxygen atoms in total. The second-order valence-corrected chi connectivity index (χ2v) is 3.54. The fourth-order valence-electron chi connectivity index (χ4n) is 1.08. The Labute approximate surface area is 106 Å². The largest absolute Gasteiger partial charge is 0.471 e. The maximum atomic E-state index is 11.8. The molecule has 2 amide bonds. The van der Waals surface area contributed by atoms with Crippen LogP contribution in [0.5, 0.6) is 0 Å². The summed E-state index contributed by atoms with van der Waals surface area (Å²) in [4.78, 5) is 23.0. The SMILES string of the molecule is CN1C=C(C#CCNC(=O)C(F)(F)F)C(=O)NC1O. The Balaban J connectivity index is 2.58. The molecular weight excluding hydrogens is 267 g/mol. The van der Waals surface area contributed by atoms with Gasteiger partial charge in [-0.1, -0.05) is 11.8 Å². The molecular formula is C10H10F3N3O3. The quantitative estimate of drug-likeness (QED) is 0.531. The minimum Gasteiger partial charge on any atom is -0.356 e. The summed E-state index contributed by atoms with van der Waals surface area (Å²) in [6.45, 7) is -0.546. The van der Waals surface area contributed by atoms with Crippen molar-refractivity contribution >= 4 is 11.8 Å².